The Hall–Kier alpha value is -1.47. The molecule has 6 N–H and O–H groups in total. The number of aliphatic carboxylic acids is 1. The van der Waals surface area contributed by atoms with Crippen LogP contribution in [0.1, 0.15) is 65.2 Å². The van der Waals surface area contributed by atoms with Gasteiger partial charge < -0.3 is 40.1 Å². The minimum absolute atomic E-state index is 0.00380. The van der Waals surface area contributed by atoms with Gasteiger partial charge in [-0.2, -0.15) is 0 Å². The number of aliphatic hydroxyl groups is 5. The van der Waals surface area contributed by atoms with Crippen molar-refractivity contribution in [1.82, 2.24) is 0 Å². The average molecular weight is 541 g/mol. The van der Waals surface area contributed by atoms with Crippen LogP contribution < -0.4 is 0 Å². The molecule has 4 aliphatic carbocycles. The highest BCUT2D eigenvalue weighted by Gasteiger charge is 2.69. The Balaban J connectivity index is 1.31. The van der Waals surface area contributed by atoms with Crippen LogP contribution in [0.2, 0.25) is 0 Å². The maximum absolute atomic E-state index is 13.8. The van der Waals surface area contributed by atoms with E-state index in [1.807, 2.05) is 6.92 Å². The van der Waals surface area contributed by atoms with Crippen LogP contribution in [0, 0.1) is 34.5 Å². The van der Waals surface area contributed by atoms with Crippen LogP contribution in [0.4, 0.5) is 0 Å². The van der Waals surface area contributed by atoms with Gasteiger partial charge in [-0.15, -0.1) is 0 Å². The van der Waals surface area contributed by atoms with Gasteiger partial charge in [-0.3, -0.25) is 9.59 Å². The zero-order chi connectivity index (χ0) is 27.8. The quantitative estimate of drug-likeness (QED) is 0.253. The van der Waals surface area contributed by atoms with Gasteiger partial charge in [-0.1, -0.05) is 13.8 Å². The number of carbonyl (C=O) groups is 3. The second-order valence-electron chi connectivity index (χ2n) is 12.8. The average Bonchev–Trinajstić information content (AvgIpc) is 3.14. The highest BCUT2D eigenvalue weighted by atomic mass is 16.7. The van der Waals surface area contributed by atoms with E-state index in [-0.39, 0.29) is 53.8 Å². The number of carboxylic acid groups (broad SMARTS) is 1. The molecule has 5 fully saturated rings. The maximum Gasteiger partial charge on any atom is 0.335 e. The minimum Gasteiger partial charge on any atom is -0.479 e. The van der Waals surface area contributed by atoms with Crippen LogP contribution in [-0.2, 0) is 23.9 Å². The number of rotatable bonds is 5. The number of hydrogen-bond donors (Lipinski definition) is 6. The third-order valence-corrected chi connectivity index (χ3v) is 11.2. The summed E-state index contributed by atoms with van der Waals surface area (Å²) in [5.41, 5.74) is -2.90. The molecule has 0 amide bonds. The van der Waals surface area contributed by atoms with Crippen molar-refractivity contribution in [1.29, 1.82) is 0 Å². The molecule has 1 heterocycles. The molecule has 1 aliphatic heterocycles. The van der Waals surface area contributed by atoms with Gasteiger partial charge in [0.1, 0.15) is 36.3 Å². The fraction of sp³-hybridized carbons (Fsp3) is 0.889. The smallest absolute Gasteiger partial charge is 0.335 e. The Morgan fingerprint density at radius 3 is 2.39 bits per heavy atom. The van der Waals surface area contributed by atoms with Crippen LogP contribution in [0.15, 0.2) is 0 Å². The van der Waals surface area contributed by atoms with Gasteiger partial charge in [0.05, 0.1) is 6.10 Å². The molecule has 0 aromatic heterocycles. The van der Waals surface area contributed by atoms with Gasteiger partial charge >= 0.3 is 5.97 Å². The number of carboxylic acids is 1. The number of ketones is 2. The normalized spacial score (nSPS) is 52.6. The van der Waals surface area contributed by atoms with Crippen LogP contribution in [-0.4, -0.2) is 97.2 Å². The standard InChI is InChI=1S/C27H40O11/c1-25-7-5-13(37-24-21(33)19(31)20(32)22(38-24)23(34)35)9-12(25)3-4-14-15-6-8-27(36,17(30)11-28)26(15,2)10-16(29)18(14)25/h12-15,18-22,24,28,31-33,36H,3-11H2,1-2H3,(H,34,35)/t12?,13-,14?,15?,18?,19?,20?,21?,22+,24-,25?,26?,27?/m1/s1. The van der Waals surface area contributed by atoms with E-state index < -0.39 is 60.1 Å². The lowest BCUT2D eigenvalue weighted by atomic mass is 9.44. The van der Waals surface area contributed by atoms with Crippen molar-refractivity contribution in [2.75, 3.05) is 6.61 Å². The highest BCUT2D eigenvalue weighted by Crippen LogP contribution is 2.67. The summed E-state index contributed by atoms with van der Waals surface area (Å²) in [5.74, 6) is -2.06. The predicted octanol–water partition coefficient (Wildman–Crippen LogP) is -0.222. The molecule has 10 unspecified atom stereocenters. The SMILES string of the molecule is CC12CC[C@@H](O[C@@H]3O[C@H](C(=O)O)C(O)C(O)C3O)CC1CCC1C2C(=O)CC2(C)C1CCC2(O)C(=O)CO. The summed E-state index contributed by atoms with van der Waals surface area (Å²) in [4.78, 5) is 37.8. The van der Waals surface area contributed by atoms with Gasteiger partial charge in [0.25, 0.3) is 0 Å². The third-order valence-electron chi connectivity index (χ3n) is 11.2. The third kappa shape index (κ3) is 3.92. The first-order valence-corrected chi connectivity index (χ1v) is 13.8. The first-order chi connectivity index (χ1) is 17.8. The van der Waals surface area contributed by atoms with Crippen LogP contribution in [0.25, 0.3) is 0 Å². The van der Waals surface area contributed by atoms with Gasteiger partial charge in [0.2, 0.25) is 0 Å². The molecule has 0 aromatic carbocycles. The molecule has 0 radical (unpaired) electrons. The number of ether oxygens (including phenoxy) is 2. The van der Waals surface area contributed by atoms with E-state index in [0.29, 0.717) is 25.7 Å². The fourth-order valence-corrected chi connectivity index (χ4v) is 9.10. The van der Waals surface area contributed by atoms with Crippen LogP contribution in [0.3, 0.4) is 0 Å². The summed E-state index contributed by atoms with van der Waals surface area (Å²) in [5, 5.41) is 60.6. The van der Waals surface area contributed by atoms with E-state index in [9.17, 15) is 45.0 Å². The molecule has 38 heavy (non-hydrogen) atoms. The Bertz CT molecular complexity index is 986. The second kappa shape index (κ2) is 9.57. The zero-order valence-electron chi connectivity index (χ0n) is 21.9. The first-order valence-electron chi connectivity index (χ1n) is 13.8. The molecule has 0 bridgehead atoms. The van der Waals surface area contributed by atoms with Crippen molar-refractivity contribution in [2.24, 2.45) is 34.5 Å². The maximum atomic E-state index is 13.8. The Kier molecular flexibility index (Phi) is 7.07. The largest absolute Gasteiger partial charge is 0.479 e. The number of carbonyl (C=O) groups excluding carboxylic acids is 2. The Morgan fingerprint density at radius 2 is 1.74 bits per heavy atom. The van der Waals surface area contributed by atoms with Crippen molar-refractivity contribution in [3.63, 3.8) is 0 Å². The molecular formula is C27H40O11. The summed E-state index contributed by atoms with van der Waals surface area (Å²) in [6, 6.07) is 0. The lowest BCUT2D eigenvalue weighted by Gasteiger charge is -2.60. The molecular weight excluding hydrogens is 500 g/mol. The van der Waals surface area contributed by atoms with Crippen molar-refractivity contribution in [3.05, 3.63) is 0 Å². The lowest BCUT2D eigenvalue weighted by Crippen LogP contribution is -2.63. The van der Waals surface area contributed by atoms with Crippen molar-refractivity contribution < 1.29 is 54.5 Å². The van der Waals surface area contributed by atoms with Crippen molar-refractivity contribution in [2.45, 2.75) is 108 Å². The molecule has 11 nitrogen and oxygen atoms in total. The zero-order valence-corrected chi connectivity index (χ0v) is 21.9. The van der Waals surface area contributed by atoms with Crippen molar-refractivity contribution >= 4 is 17.5 Å². The van der Waals surface area contributed by atoms with E-state index in [2.05, 4.69) is 6.92 Å². The van der Waals surface area contributed by atoms with E-state index in [1.165, 1.54) is 0 Å². The Morgan fingerprint density at radius 1 is 1.03 bits per heavy atom. The molecule has 0 spiro atoms. The molecule has 1 saturated heterocycles. The van der Waals surface area contributed by atoms with Crippen LogP contribution in [0.5, 0.6) is 0 Å². The van der Waals surface area contributed by atoms with Gasteiger partial charge in [0, 0.05) is 17.8 Å². The number of fused-ring (bicyclic) bond motifs is 5. The highest BCUT2D eigenvalue weighted by molar-refractivity contribution is 5.92. The minimum atomic E-state index is -1.78. The lowest BCUT2D eigenvalue weighted by molar-refractivity contribution is -0.309. The monoisotopic (exact) mass is 540 g/mol. The summed E-state index contributed by atoms with van der Waals surface area (Å²) < 4.78 is 11.3. The van der Waals surface area contributed by atoms with Gasteiger partial charge in [0.15, 0.2) is 18.2 Å². The van der Waals surface area contributed by atoms with Crippen molar-refractivity contribution in [3.8, 4) is 0 Å². The number of hydrogen-bond acceptors (Lipinski definition) is 10. The molecule has 0 aromatic rings. The number of aliphatic hydroxyl groups excluding tert-OH is 4. The van der Waals surface area contributed by atoms with Crippen LogP contribution >= 0.6 is 0 Å². The molecule has 13 atom stereocenters. The van der Waals surface area contributed by atoms with E-state index in [0.717, 1.165) is 12.8 Å². The van der Waals surface area contributed by atoms with E-state index in [1.54, 1.807) is 0 Å². The summed E-state index contributed by atoms with van der Waals surface area (Å²) in [6.45, 7) is 3.22. The fourth-order valence-electron chi connectivity index (χ4n) is 9.10. The summed E-state index contributed by atoms with van der Waals surface area (Å²) in [7, 11) is 0. The first kappa shape index (κ1) is 28.1. The topological polar surface area (TPSA) is 191 Å². The van der Waals surface area contributed by atoms with Gasteiger partial charge in [-0.05, 0) is 68.1 Å². The summed E-state index contributed by atoms with van der Waals surface area (Å²) >= 11 is 0. The van der Waals surface area contributed by atoms with Gasteiger partial charge in [-0.25, -0.2) is 4.79 Å². The van der Waals surface area contributed by atoms with E-state index >= 15 is 0 Å². The predicted molar refractivity (Wildman–Crippen MR) is 128 cm³/mol. The van der Waals surface area contributed by atoms with E-state index in [4.69, 9.17) is 9.47 Å². The summed E-state index contributed by atoms with van der Waals surface area (Å²) in [6.07, 6.45) is -4.28. The molecule has 5 aliphatic rings. The molecule has 5 rings (SSSR count). The molecule has 214 valence electrons. The molecule has 11 heteroatoms. The molecule has 4 saturated carbocycles. The number of Topliss-reactive ketones (excluding diaryl/α,β-unsaturated/α-hetero) is 2. The second-order valence-corrected chi connectivity index (χ2v) is 12.8. The Labute approximate surface area is 221 Å².